The molecule has 0 spiro atoms. The lowest BCUT2D eigenvalue weighted by Crippen LogP contribution is -2.11. The molecular weight excluding hydrogens is 229 g/mol. The second kappa shape index (κ2) is 3.87. The number of anilines is 1. The van der Waals surface area contributed by atoms with Crippen LogP contribution in [0.5, 0.6) is 5.75 Å². The van der Waals surface area contributed by atoms with Gasteiger partial charge in [0, 0.05) is 11.8 Å². The molecule has 0 unspecified atom stereocenters. The summed E-state index contributed by atoms with van der Waals surface area (Å²) >= 11 is 0. The van der Waals surface area contributed by atoms with Gasteiger partial charge in [0.15, 0.2) is 5.75 Å². The molecule has 8 heteroatoms. The van der Waals surface area contributed by atoms with Crippen LogP contribution in [0.3, 0.4) is 0 Å². The van der Waals surface area contributed by atoms with Gasteiger partial charge in [-0.25, -0.2) is 0 Å². The largest absolute Gasteiger partial charge is 0.490 e. The topological polar surface area (TPSA) is 78.4 Å². The van der Waals surface area contributed by atoms with Gasteiger partial charge in [0.05, 0.1) is 12.0 Å². The van der Waals surface area contributed by atoms with E-state index in [9.17, 15) is 23.3 Å². The summed E-state index contributed by atoms with van der Waals surface area (Å²) in [5.74, 6) is -0.516. The number of rotatable bonds is 2. The third kappa shape index (κ3) is 2.15. The van der Waals surface area contributed by atoms with Gasteiger partial charge in [0.25, 0.3) is 0 Å². The van der Waals surface area contributed by atoms with E-state index >= 15 is 0 Å². The van der Waals surface area contributed by atoms with E-state index in [1.54, 1.807) is 0 Å². The highest BCUT2D eigenvalue weighted by Gasteiger charge is 2.40. The molecule has 1 aromatic carbocycles. The summed E-state index contributed by atoms with van der Waals surface area (Å²) in [7, 11) is 1.03. The Balaban J connectivity index is 3.57. The van der Waals surface area contributed by atoms with Crippen LogP contribution < -0.4 is 10.5 Å². The van der Waals surface area contributed by atoms with Crippen LogP contribution in [0.2, 0.25) is 0 Å². The minimum absolute atomic E-state index is 0.255. The van der Waals surface area contributed by atoms with Crippen molar-refractivity contribution in [1.82, 2.24) is 0 Å². The zero-order valence-electron chi connectivity index (χ0n) is 8.04. The number of methoxy groups -OCH3 is 1. The van der Waals surface area contributed by atoms with Crippen LogP contribution in [0.25, 0.3) is 0 Å². The van der Waals surface area contributed by atoms with Gasteiger partial charge < -0.3 is 10.5 Å². The molecular formula is C8H7F3N2O3. The van der Waals surface area contributed by atoms with Crippen LogP contribution in [0, 0.1) is 10.1 Å². The quantitative estimate of drug-likeness (QED) is 0.485. The van der Waals surface area contributed by atoms with E-state index < -0.39 is 28.1 Å². The zero-order chi connectivity index (χ0) is 12.5. The van der Waals surface area contributed by atoms with Gasteiger partial charge in [-0.3, -0.25) is 10.1 Å². The van der Waals surface area contributed by atoms with Gasteiger partial charge >= 0.3 is 11.9 Å². The first-order chi connectivity index (χ1) is 7.27. The second-order valence-electron chi connectivity index (χ2n) is 2.87. The molecule has 1 aromatic rings. The standard InChI is InChI=1S/C8H7F3N2O3/c1-16-6-3-4(12)2-5(8(9,10)11)7(6)13(14)15/h2-3H,12H2,1H3. The molecule has 0 saturated carbocycles. The van der Waals surface area contributed by atoms with Crippen LogP contribution in [-0.2, 0) is 6.18 Å². The first-order valence-corrected chi connectivity index (χ1v) is 3.96. The average Bonchev–Trinajstić information content (AvgIpc) is 2.14. The molecule has 16 heavy (non-hydrogen) atoms. The molecule has 0 atom stereocenters. The average molecular weight is 236 g/mol. The van der Waals surface area contributed by atoms with Crippen molar-refractivity contribution in [2.24, 2.45) is 0 Å². The fraction of sp³-hybridized carbons (Fsp3) is 0.250. The van der Waals surface area contributed by atoms with Gasteiger partial charge in [-0.2, -0.15) is 13.2 Å². The summed E-state index contributed by atoms with van der Waals surface area (Å²) in [5, 5.41) is 10.5. The Morgan fingerprint density at radius 3 is 2.38 bits per heavy atom. The smallest absolute Gasteiger partial charge is 0.423 e. The number of hydrogen-bond donors (Lipinski definition) is 1. The van der Waals surface area contributed by atoms with Gasteiger partial charge in [0.2, 0.25) is 0 Å². The minimum atomic E-state index is -4.86. The van der Waals surface area contributed by atoms with Crippen LogP contribution in [0.4, 0.5) is 24.5 Å². The summed E-state index contributed by atoms with van der Waals surface area (Å²) in [4.78, 5) is 9.39. The molecule has 0 aliphatic carbocycles. The van der Waals surface area contributed by atoms with Crippen molar-refractivity contribution in [3.05, 3.63) is 27.8 Å². The van der Waals surface area contributed by atoms with Gasteiger partial charge in [0.1, 0.15) is 5.56 Å². The molecule has 0 amide bonds. The minimum Gasteiger partial charge on any atom is -0.490 e. The van der Waals surface area contributed by atoms with Crippen molar-refractivity contribution in [3.63, 3.8) is 0 Å². The van der Waals surface area contributed by atoms with Crippen LogP contribution in [0.1, 0.15) is 5.56 Å². The Morgan fingerprint density at radius 1 is 1.44 bits per heavy atom. The fourth-order valence-corrected chi connectivity index (χ4v) is 1.19. The molecule has 0 aliphatic rings. The number of benzene rings is 1. The van der Waals surface area contributed by atoms with E-state index in [0.717, 1.165) is 13.2 Å². The summed E-state index contributed by atoms with van der Waals surface area (Å²) in [6.45, 7) is 0. The number of nitrogens with zero attached hydrogens (tertiary/aromatic N) is 1. The van der Waals surface area contributed by atoms with Gasteiger partial charge in [-0.05, 0) is 6.07 Å². The SMILES string of the molecule is COc1cc(N)cc(C(F)(F)F)c1[N+](=O)[O-]. The highest BCUT2D eigenvalue weighted by atomic mass is 19.4. The van der Waals surface area contributed by atoms with Crippen molar-refractivity contribution in [1.29, 1.82) is 0 Å². The Labute approximate surface area is 87.8 Å². The number of ether oxygens (including phenoxy) is 1. The molecule has 88 valence electrons. The third-order valence-electron chi connectivity index (χ3n) is 1.81. The van der Waals surface area contributed by atoms with Crippen LogP contribution >= 0.6 is 0 Å². The van der Waals surface area contributed by atoms with E-state index in [4.69, 9.17) is 5.73 Å². The number of hydrogen-bond acceptors (Lipinski definition) is 4. The summed E-state index contributed by atoms with van der Waals surface area (Å²) in [6, 6.07) is 1.47. The highest BCUT2D eigenvalue weighted by molar-refractivity contribution is 5.62. The predicted molar refractivity (Wildman–Crippen MR) is 49.1 cm³/mol. The first-order valence-electron chi connectivity index (χ1n) is 3.96. The van der Waals surface area contributed by atoms with Crippen molar-refractivity contribution in [2.45, 2.75) is 6.18 Å². The fourth-order valence-electron chi connectivity index (χ4n) is 1.19. The van der Waals surface area contributed by atoms with Crippen molar-refractivity contribution in [3.8, 4) is 5.75 Å². The third-order valence-corrected chi connectivity index (χ3v) is 1.81. The lowest BCUT2D eigenvalue weighted by Gasteiger charge is -2.10. The monoisotopic (exact) mass is 236 g/mol. The lowest BCUT2D eigenvalue weighted by atomic mass is 10.1. The molecule has 0 bridgehead atoms. The van der Waals surface area contributed by atoms with E-state index in [1.807, 2.05) is 0 Å². The summed E-state index contributed by atoms with van der Waals surface area (Å²) in [6.07, 6.45) is -4.86. The molecule has 0 aliphatic heterocycles. The summed E-state index contributed by atoms with van der Waals surface area (Å²) in [5.41, 5.74) is 2.39. The number of nitro groups is 1. The van der Waals surface area contributed by atoms with Crippen molar-refractivity contribution in [2.75, 3.05) is 12.8 Å². The maximum absolute atomic E-state index is 12.5. The molecule has 0 aromatic heterocycles. The molecule has 0 fully saturated rings. The van der Waals surface area contributed by atoms with Gasteiger partial charge in [-0.15, -0.1) is 0 Å². The maximum Gasteiger partial charge on any atom is 0.423 e. The molecule has 0 radical (unpaired) electrons. The molecule has 0 saturated heterocycles. The molecule has 0 heterocycles. The number of alkyl halides is 3. The Bertz CT molecular complexity index is 431. The number of halogens is 3. The lowest BCUT2D eigenvalue weighted by molar-refractivity contribution is -0.388. The van der Waals surface area contributed by atoms with Crippen LogP contribution in [0.15, 0.2) is 12.1 Å². The Hall–Kier alpha value is -1.99. The molecule has 5 nitrogen and oxygen atoms in total. The predicted octanol–water partition coefficient (Wildman–Crippen LogP) is 2.20. The summed E-state index contributed by atoms with van der Waals surface area (Å²) < 4.78 is 42.0. The highest BCUT2D eigenvalue weighted by Crippen LogP contribution is 2.42. The van der Waals surface area contributed by atoms with E-state index in [1.165, 1.54) is 0 Å². The molecule has 1 rings (SSSR count). The van der Waals surface area contributed by atoms with Crippen molar-refractivity contribution >= 4 is 11.4 Å². The first kappa shape index (κ1) is 12.1. The Kier molecular flexibility index (Phi) is 2.92. The maximum atomic E-state index is 12.5. The number of nitro benzene ring substituents is 1. The normalized spacial score (nSPS) is 11.2. The molecule has 2 N–H and O–H groups in total. The van der Waals surface area contributed by atoms with Crippen LogP contribution in [-0.4, -0.2) is 12.0 Å². The number of nitrogens with two attached hydrogens (primary N) is 1. The van der Waals surface area contributed by atoms with Crippen molar-refractivity contribution < 1.29 is 22.8 Å². The zero-order valence-corrected chi connectivity index (χ0v) is 8.04. The van der Waals surface area contributed by atoms with E-state index in [-0.39, 0.29) is 5.69 Å². The number of nitrogen functional groups attached to an aromatic ring is 1. The van der Waals surface area contributed by atoms with E-state index in [2.05, 4.69) is 4.74 Å². The Morgan fingerprint density at radius 2 is 2.00 bits per heavy atom. The van der Waals surface area contributed by atoms with E-state index in [0.29, 0.717) is 6.07 Å². The second-order valence-corrected chi connectivity index (χ2v) is 2.87. The van der Waals surface area contributed by atoms with Gasteiger partial charge in [-0.1, -0.05) is 0 Å².